The molecule has 0 aliphatic heterocycles. The van der Waals surface area contributed by atoms with Crippen molar-refractivity contribution in [3.8, 4) is 0 Å². The topological polar surface area (TPSA) is 72.2 Å². The molecule has 0 aromatic heterocycles. The Balaban J connectivity index is 1.64. The van der Waals surface area contributed by atoms with Crippen molar-refractivity contribution in [3.05, 3.63) is 101 Å². The summed E-state index contributed by atoms with van der Waals surface area (Å²) in [5.41, 5.74) is 12.6. The maximum atomic E-state index is 15.9. The summed E-state index contributed by atoms with van der Waals surface area (Å²) in [6, 6.07) is 23.7. The first-order valence-electron chi connectivity index (χ1n) is 22.2. The van der Waals surface area contributed by atoms with E-state index in [1.54, 1.807) is 0 Å². The Labute approximate surface area is 336 Å². The smallest absolute Gasteiger partial charge is 0.241 e. The standard InChI is InChI=1S/C50H74N2O2S/c1-31(2)40-23-20-34(7)26-43(40)39-29-46(44-27-35(8)21-24-41(44)32(3)4)50(47(30-39)45-28-36(9)22-25-42(45)33(5)6)55(53,54)52-49(38-18-14-11-15-19-38)48(51)37-16-12-10-13-17-37/h10-19,29-36,40-45,48-49,52H,20-28,51H2,1-9H3/t34?,35?,36?,40?,41?,42?,43?,44?,45?,48-,49+/m0/s1. The molecule has 9 unspecified atom stereocenters. The van der Waals surface area contributed by atoms with Crippen LogP contribution >= 0.6 is 0 Å². The normalized spacial score (nSPS) is 30.5. The lowest BCUT2D eigenvalue weighted by atomic mass is 9.63. The minimum atomic E-state index is -4.07. The lowest BCUT2D eigenvalue weighted by molar-refractivity contribution is 0.185. The van der Waals surface area contributed by atoms with E-state index < -0.39 is 22.1 Å². The van der Waals surface area contributed by atoms with Crippen LogP contribution in [-0.2, 0) is 10.0 Å². The molecule has 0 spiro atoms. The van der Waals surface area contributed by atoms with Gasteiger partial charge in [0.2, 0.25) is 10.0 Å². The molecule has 55 heavy (non-hydrogen) atoms. The fourth-order valence-corrected chi connectivity index (χ4v) is 13.4. The summed E-state index contributed by atoms with van der Waals surface area (Å²) in [5.74, 6) is 5.55. The van der Waals surface area contributed by atoms with E-state index in [4.69, 9.17) is 5.73 Å². The van der Waals surface area contributed by atoms with Crippen molar-refractivity contribution >= 4 is 10.0 Å². The number of benzene rings is 3. The SMILES string of the molecule is CC1CCC(C(C)C)C(c2cc(C3CC(C)CCC3C(C)C)c(S(=O)(=O)N[C@H](c3ccccc3)[C@@H](N)c3ccccc3)c(C3CC(C)CCC3C(C)C)c2)C1. The van der Waals surface area contributed by atoms with Crippen molar-refractivity contribution in [2.24, 2.45) is 59.0 Å². The average Bonchev–Trinajstić information content (AvgIpc) is 3.16. The summed E-state index contributed by atoms with van der Waals surface area (Å²) >= 11 is 0. The quantitative estimate of drug-likeness (QED) is 0.193. The monoisotopic (exact) mass is 767 g/mol. The van der Waals surface area contributed by atoms with Crippen LogP contribution in [0.3, 0.4) is 0 Å². The Hall–Kier alpha value is -2.47. The van der Waals surface area contributed by atoms with Gasteiger partial charge in [0.1, 0.15) is 0 Å². The van der Waals surface area contributed by atoms with E-state index in [1.807, 2.05) is 60.7 Å². The third-order valence-corrected chi connectivity index (χ3v) is 16.3. The largest absolute Gasteiger partial charge is 0.322 e. The molecule has 5 heteroatoms. The van der Waals surface area contributed by atoms with E-state index in [2.05, 4.69) is 79.2 Å². The van der Waals surface area contributed by atoms with E-state index in [9.17, 15) is 0 Å². The van der Waals surface area contributed by atoms with Crippen LogP contribution in [0.4, 0.5) is 0 Å². The van der Waals surface area contributed by atoms with Crippen molar-refractivity contribution in [2.45, 2.75) is 155 Å². The molecular weight excluding hydrogens is 693 g/mol. The first-order valence-corrected chi connectivity index (χ1v) is 23.7. The van der Waals surface area contributed by atoms with Gasteiger partial charge in [0, 0.05) is 0 Å². The van der Waals surface area contributed by atoms with Crippen LogP contribution in [0.1, 0.15) is 178 Å². The lowest BCUT2D eigenvalue weighted by Gasteiger charge is -2.43. The van der Waals surface area contributed by atoms with Crippen LogP contribution in [0.5, 0.6) is 0 Å². The molecular formula is C50H74N2O2S. The van der Waals surface area contributed by atoms with Gasteiger partial charge >= 0.3 is 0 Å². The van der Waals surface area contributed by atoms with E-state index in [-0.39, 0.29) is 11.8 Å². The summed E-state index contributed by atoms with van der Waals surface area (Å²) in [4.78, 5) is 0.594. The van der Waals surface area contributed by atoms with Crippen molar-refractivity contribution in [3.63, 3.8) is 0 Å². The van der Waals surface area contributed by atoms with Gasteiger partial charge in [-0.3, -0.25) is 0 Å². The molecule has 0 bridgehead atoms. The van der Waals surface area contributed by atoms with E-state index in [0.717, 1.165) is 47.9 Å². The lowest BCUT2D eigenvalue weighted by Crippen LogP contribution is -2.38. The fourth-order valence-electron chi connectivity index (χ4n) is 11.6. The molecule has 3 N–H and O–H groups in total. The zero-order valence-electron chi connectivity index (χ0n) is 35.7. The highest BCUT2D eigenvalue weighted by atomic mass is 32.2. The number of hydrogen-bond donors (Lipinski definition) is 2. The predicted molar refractivity (Wildman–Crippen MR) is 232 cm³/mol. The molecule has 6 rings (SSSR count). The summed E-state index contributed by atoms with van der Waals surface area (Å²) in [5, 5.41) is 0. The molecule has 3 aliphatic rings. The second kappa shape index (κ2) is 18.0. The Morgan fingerprint density at radius 3 is 1.36 bits per heavy atom. The van der Waals surface area contributed by atoms with Gasteiger partial charge in [-0.1, -0.05) is 154 Å². The number of rotatable bonds is 12. The van der Waals surface area contributed by atoms with Crippen LogP contribution in [-0.4, -0.2) is 8.42 Å². The molecule has 3 aromatic rings. The van der Waals surface area contributed by atoms with Gasteiger partial charge in [-0.25, -0.2) is 13.1 Å². The van der Waals surface area contributed by atoms with Crippen molar-refractivity contribution < 1.29 is 8.42 Å². The summed E-state index contributed by atoms with van der Waals surface area (Å²) in [6.07, 6.45) is 10.5. The fraction of sp³-hybridized carbons (Fsp3) is 0.640. The Morgan fingerprint density at radius 2 is 0.945 bits per heavy atom. The minimum absolute atomic E-state index is 0.184. The molecule has 0 saturated heterocycles. The second-order valence-corrected chi connectivity index (χ2v) is 21.4. The second-order valence-electron chi connectivity index (χ2n) is 19.8. The molecule has 302 valence electrons. The first kappa shape index (κ1) is 42.1. The third-order valence-electron chi connectivity index (χ3n) is 14.7. The van der Waals surface area contributed by atoms with Crippen LogP contribution in [0, 0.1) is 53.3 Å². The first-order chi connectivity index (χ1) is 26.2. The molecule has 0 amide bonds. The molecule has 0 radical (unpaired) electrons. The average molecular weight is 767 g/mol. The van der Waals surface area contributed by atoms with Gasteiger partial charge in [-0.2, -0.15) is 0 Å². The van der Waals surface area contributed by atoms with E-state index >= 15 is 8.42 Å². The maximum absolute atomic E-state index is 15.9. The zero-order valence-corrected chi connectivity index (χ0v) is 36.5. The molecule has 3 fully saturated rings. The Morgan fingerprint density at radius 1 is 0.564 bits per heavy atom. The number of sulfonamides is 1. The van der Waals surface area contributed by atoms with Gasteiger partial charge < -0.3 is 5.73 Å². The maximum Gasteiger partial charge on any atom is 0.241 e. The molecule has 3 aromatic carbocycles. The van der Waals surface area contributed by atoms with E-state index in [0.29, 0.717) is 64.1 Å². The van der Waals surface area contributed by atoms with Gasteiger partial charge in [0.25, 0.3) is 0 Å². The van der Waals surface area contributed by atoms with Crippen molar-refractivity contribution in [1.29, 1.82) is 0 Å². The van der Waals surface area contributed by atoms with Crippen LogP contribution in [0.25, 0.3) is 0 Å². The molecule has 3 aliphatic carbocycles. The Kier molecular flexibility index (Phi) is 13.8. The zero-order chi connectivity index (χ0) is 39.6. The number of nitrogens with two attached hydrogens (primary N) is 1. The van der Waals surface area contributed by atoms with Gasteiger partial charge in [0.05, 0.1) is 17.0 Å². The molecule has 4 nitrogen and oxygen atoms in total. The summed E-state index contributed by atoms with van der Waals surface area (Å²) in [6.45, 7) is 21.5. The number of nitrogens with one attached hydrogen (secondary N) is 1. The third kappa shape index (κ3) is 9.47. The van der Waals surface area contributed by atoms with Crippen LogP contribution in [0.15, 0.2) is 77.7 Å². The Bertz CT molecular complexity index is 1730. The highest BCUT2D eigenvalue weighted by Gasteiger charge is 2.43. The highest BCUT2D eigenvalue weighted by Crippen LogP contribution is 2.53. The number of hydrogen-bond acceptors (Lipinski definition) is 3. The molecule has 11 atom stereocenters. The highest BCUT2D eigenvalue weighted by molar-refractivity contribution is 7.89. The van der Waals surface area contributed by atoms with Gasteiger partial charge in [-0.15, -0.1) is 0 Å². The van der Waals surface area contributed by atoms with Crippen LogP contribution < -0.4 is 10.5 Å². The summed E-state index contributed by atoms with van der Waals surface area (Å²) < 4.78 is 35.3. The van der Waals surface area contributed by atoms with Gasteiger partial charge in [-0.05, 0) is 137 Å². The molecule has 3 saturated carbocycles. The minimum Gasteiger partial charge on any atom is -0.322 e. The van der Waals surface area contributed by atoms with E-state index in [1.165, 1.54) is 37.7 Å². The predicted octanol–water partition coefficient (Wildman–Crippen LogP) is 12.9. The van der Waals surface area contributed by atoms with Crippen molar-refractivity contribution in [1.82, 2.24) is 4.72 Å². The van der Waals surface area contributed by atoms with Crippen LogP contribution in [0.2, 0.25) is 0 Å². The van der Waals surface area contributed by atoms with Crippen molar-refractivity contribution in [2.75, 3.05) is 0 Å². The van der Waals surface area contributed by atoms with Gasteiger partial charge in [0.15, 0.2) is 0 Å². The summed E-state index contributed by atoms with van der Waals surface area (Å²) in [7, 11) is -4.07. The molecule has 0 heterocycles.